The summed E-state index contributed by atoms with van der Waals surface area (Å²) in [5, 5.41) is 0. The van der Waals surface area contributed by atoms with E-state index in [0.717, 1.165) is 0 Å². The molecule has 0 saturated carbocycles. The average Bonchev–Trinajstić information content (AvgIpc) is 2.56. The van der Waals surface area contributed by atoms with Gasteiger partial charge in [-0.2, -0.15) is 23.5 Å². The highest BCUT2D eigenvalue weighted by Crippen LogP contribution is 2.25. The van der Waals surface area contributed by atoms with Gasteiger partial charge in [0.2, 0.25) is 0 Å². The molecule has 1 aliphatic rings. The largest absolute Gasteiger partial charge is 0.458 e. The van der Waals surface area contributed by atoms with Crippen molar-refractivity contribution in [1.29, 1.82) is 0 Å². The fraction of sp³-hybridized carbons (Fsp3) is 0.667. The predicted octanol–water partition coefficient (Wildman–Crippen LogP) is 1.75. The van der Waals surface area contributed by atoms with Gasteiger partial charge in [-0.3, -0.25) is 19.2 Å². The SMILES string of the molecule is CC(=O)OC1CSC/C=C/CSC[C@H](OC(C)=O)[C@@H](OC(C)=O)[C@@H]1OC(C)=O. The maximum atomic E-state index is 11.7. The van der Waals surface area contributed by atoms with E-state index in [2.05, 4.69) is 0 Å². The lowest BCUT2D eigenvalue weighted by Crippen LogP contribution is -2.53. The van der Waals surface area contributed by atoms with Crippen molar-refractivity contribution >= 4 is 47.4 Å². The normalized spacial score (nSPS) is 27.3. The van der Waals surface area contributed by atoms with E-state index in [1.54, 1.807) is 0 Å². The Balaban J connectivity index is 3.34. The average molecular weight is 435 g/mol. The second kappa shape index (κ2) is 12.7. The highest BCUT2D eigenvalue weighted by Gasteiger charge is 2.43. The Labute approximate surface area is 173 Å². The Hall–Kier alpha value is -1.68. The second-order valence-electron chi connectivity index (χ2n) is 5.99. The maximum absolute atomic E-state index is 11.7. The summed E-state index contributed by atoms with van der Waals surface area (Å²) in [6, 6.07) is 0. The van der Waals surface area contributed by atoms with Crippen molar-refractivity contribution in [2.45, 2.75) is 52.1 Å². The zero-order valence-corrected chi connectivity index (χ0v) is 18.0. The molecule has 158 valence electrons. The van der Waals surface area contributed by atoms with Crippen molar-refractivity contribution in [2.24, 2.45) is 0 Å². The van der Waals surface area contributed by atoms with Crippen LogP contribution in [0.5, 0.6) is 0 Å². The number of thioether (sulfide) groups is 2. The Kier molecular flexibility index (Phi) is 11.1. The first-order valence-corrected chi connectivity index (χ1v) is 11.0. The van der Waals surface area contributed by atoms with E-state index < -0.39 is 48.3 Å². The van der Waals surface area contributed by atoms with Crippen LogP contribution in [0.25, 0.3) is 0 Å². The summed E-state index contributed by atoms with van der Waals surface area (Å²) in [5.74, 6) is -0.432. The molecule has 1 aliphatic heterocycles. The van der Waals surface area contributed by atoms with Crippen LogP contribution < -0.4 is 0 Å². The third kappa shape index (κ3) is 9.50. The maximum Gasteiger partial charge on any atom is 0.303 e. The van der Waals surface area contributed by atoms with E-state index in [1.165, 1.54) is 51.2 Å². The first-order chi connectivity index (χ1) is 13.2. The minimum Gasteiger partial charge on any atom is -0.458 e. The lowest BCUT2D eigenvalue weighted by Gasteiger charge is -2.35. The fourth-order valence-electron chi connectivity index (χ4n) is 2.55. The predicted molar refractivity (Wildman–Crippen MR) is 106 cm³/mol. The molecular weight excluding hydrogens is 408 g/mol. The van der Waals surface area contributed by atoms with E-state index in [-0.39, 0.29) is 0 Å². The summed E-state index contributed by atoms with van der Waals surface area (Å²) >= 11 is 2.94. The van der Waals surface area contributed by atoms with Crippen molar-refractivity contribution in [3.63, 3.8) is 0 Å². The number of esters is 4. The van der Waals surface area contributed by atoms with Crippen LogP contribution in [-0.4, -0.2) is 71.3 Å². The van der Waals surface area contributed by atoms with Crippen LogP contribution in [0, 0.1) is 0 Å². The molecule has 1 rings (SSSR count). The minimum absolute atomic E-state index is 0.305. The van der Waals surface area contributed by atoms with E-state index in [1.807, 2.05) is 12.2 Å². The molecule has 0 bridgehead atoms. The van der Waals surface area contributed by atoms with Crippen LogP contribution >= 0.6 is 23.5 Å². The summed E-state index contributed by atoms with van der Waals surface area (Å²) in [5.41, 5.74) is 0. The van der Waals surface area contributed by atoms with Crippen LogP contribution in [0.1, 0.15) is 27.7 Å². The second-order valence-corrected chi connectivity index (χ2v) is 8.14. The van der Waals surface area contributed by atoms with Crippen LogP contribution in [0.3, 0.4) is 0 Å². The molecule has 8 nitrogen and oxygen atoms in total. The highest BCUT2D eigenvalue weighted by atomic mass is 32.2. The summed E-state index contributed by atoms with van der Waals surface area (Å²) in [7, 11) is 0. The van der Waals surface area contributed by atoms with Gasteiger partial charge in [0.15, 0.2) is 24.4 Å². The standard InChI is InChI=1S/C18H26O8S2/c1-11(19)23-15-9-27-7-5-6-8-28-10-16(24-12(2)20)18(26-14(4)22)17(15)25-13(3)21/h5-6,15-18H,7-10H2,1-4H3/b6-5+/t15-,16?,17+,18+/m0/s1. The van der Waals surface area contributed by atoms with Crippen molar-refractivity contribution in [1.82, 2.24) is 0 Å². The lowest BCUT2D eigenvalue weighted by atomic mass is 10.0. The van der Waals surface area contributed by atoms with E-state index in [4.69, 9.17) is 18.9 Å². The third-order valence-corrected chi connectivity index (χ3v) is 5.44. The molecule has 0 fully saturated rings. The molecule has 1 heterocycles. The molecule has 4 atom stereocenters. The van der Waals surface area contributed by atoms with Gasteiger partial charge in [0.25, 0.3) is 0 Å². The molecule has 0 amide bonds. The highest BCUT2D eigenvalue weighted by molar-refractivity contribution is 7.99. The van der Waals surface area contributed by atoms with Gasteiger partial charge in [-0.05, 0) is 0 Å². The number of carbonyl (C=O) groups is 4. The summed E-state index contributed by atoms with van der Waals surface area (Å²) in [6.45, 7) is 4.89. The summed E-state index contributed by atoms with van der Waals surface area (Å²) in [4.78, 5) is 46.7. The van der Waals surface area contributed by atoms with Gasteiger partial charge in [0, 0.05) is 50.7 Å². The van der Waals surface area contributed by atoms with Gasteiger partial charge in [0.05, 0.1) is 0 Å². The molecule has 10 heteroatoms. The zero-order chi connectivity index (χ0) is 21.1. The minimum atomic E-state index is -1.12. The van der Waals surface area contributed by atoms with Crippen molar-refractivity contribution in [2.75, 3.05) is 23.0 Å². The van der Waals surface area contributed by atoms with Crippen molar-refractivity contribution in [3.8, 4) is 0 Å². The zero-order valence-electron chi connectivity index (χ0n) is 16.4. The Bertz CT molecular complexity index is 542. The molecule has 1 unspecified atom stereocenters. The topological polar surface area (TPSA) is 105 Å². The molecule has 0 aromatic rings. The number of carbonyl (C=O) groups excluding carboxylic acids is 4. The van der Waals surface area contributed by atoms with Gasteiger partial charge in [-0.15, -0.1) is 0 Å². The van der Waals surface area contributed by atoms with E-state index in [0.29, 0.717) is 23.0 Å². The van der Waals surface area contributed by atoms with Gasteiger partial charge in [-0.25, -0.2) is 0 Å². The lowest BCUT2D eigenvalue weighted by molar-refractivity contribution is -0.194. The fourth-order valence-corrected chi connectivity index (χ4v) is 4.35. The number of hydrogen-bond acceptors (Lipinski definition) is 10. The molecule has 0 radical (unpaired) electrons. The number of ether oxygens (including phenoxy) is 4. The van der Waals surface area contributed by atoms with Crippen LogP contribution in [0.15, 0.2) is 12.2 Å². The van der Waals surface area contributed by atoms with Crippen molar-refractivity contribution < 1.29 is 38.1 Å². The molecule has 0 saturated heterocycles. The quantitative estimate of drug-likeness (QED) is 0.369. The molecule has 0 aromatic carbocycles. The first-order valence-electron chi connectivity index (χ1n) is 8.70. The van der Waals surface area contributed by atoms with Gasteiger partial charge in [0.1, 0.15) is 0 Å². The van der Waals surface area contributed by atoms with E-state index in [9.17, 15) is 19.2 Å². The Morgan fingerprint density at radius 2 is 0.964 bits per heavy atom. The van der Waals surface area contributed by atoms with Crippen LogP contribution in [-0.2, 0) is 38.1 Å². The Morgan fingerprint density at radius 3 is 1.25 bits per heavy atom. The Morgan fingerprint density at radius 1 is 0.643 bits per heavy atom. The molecule has 28 heavy (non-hydrogen) atoms. The van der Waals surface area contributed by atoms with Gasteiger partial charge >= 0.3 is 23.9 Å². The smallest absolute Gasteiger partial charge is 0.303 e. The van der Waals surface area contributed by atoms with Gasteiger partial charge < -0.3 is 18.9 Å². The third-order valence-electron chi connectivity index (χ3n) is 3.45. The molecule has 0 spiro atoms. The van der Waals surface area contributed by atoms with Gasteiger partial charge in [-0.1, -0.05) is 12.2 Å². The number of rotatable bonds is 4. The molecule has 0 aliphatic carbocycles. The molecule has 0 aromatic heterocycles. The van der Waals surface area contributed by atoms with E-state index >= 15 is 0 Å². The molecule has 0 N–H and O–H groups in total. The summed E-state index contributed by atoms with van der Waals surface area (Å²) in [6.07, 6.45) is -0.0411. The van der Waals surface area contributed by atoms with Crippen LogP contribution in [0.4, 0.5) is 0 Å². The number of hydrogen-bond donors (Lipinski definition) is 0. The molecular formula is C18H26O8S2. The monoisotopic (exact) mass is 434 g/mol. The van der Waals surface area contributed by atoms with Crippen LogP contribution in [0.2, 0.25) is 0 Å². The van der Waals surface area contributed by atoms with Crippen molar-refractivity contribution in [3.05, 3.63) is 12.2 Å². The first kappa shape index (κ1) is 24.4. The summed E-state index contributed by atoms with van der Waals surface area (Å²) < 4.78 is 21.6.